The van der Waals surface area contributed by atoms with E-state index >= 15 is 0 Å². The van der Waals surface area contributed by atoms with Gasteiger partial charge in [0, 0.05) is 11.6 Å². The zero-order valence-corrected chi connectivity index (χ0v) is 14.8. The van der Waals surface area contributed by atoms with Crippen molar-refractivity contribution in [3.8, 4) is 11.8 Å². The molecule has 2 aliphatic rings. The summed E-state index contributed by atoms with van der Waals surface area (Å²) in [5.41, 5.74) is 5.94. The monoisotopic (exact) mass is 386 g/mol. The summed E-state index contributed by atoms with van der Waals surface area (Å²) in [6.45, 7) is 1.76. The number of rotatable bonds is 1. The number of esters is 1. The highest BCUT2D eigenvalue weighted by molar-refractivity contribution is 6.63. The van der Waals surface area contributed by atoms with Crippen molar-refractivity contribution in [1.29, 1.82) is 5.26 Å². The molecule has 2 N–H and O–H groups in total. The number of benzene rings is 1. The Kier molecular flexibility index (Phi) is 5.66. The molecule has 0 fully saturated rings. The van der Waals surface area contributed by atoms with Crippen LogP contribution in [-0.4, -0.2) is 15.9 Å². The first kappa shape index (κ1) is 18.5. The van der Waals surface area contributed by atoms with Crippen LogP contribution in [-0.2, 0) is 9.53 Å². The number of nitrogens with two attached hydrogens (primary N) is 1. The number of carbonyl (C=O) groups is 1. The summed E-state index contributed by atoms with van der Waals surface area (Å²) in [5.74, 6) is -0.271. The van der Waals surface area contributed by atoms with Crippen molar-refractivity contribution in [2.24, 2.45) is 5.73 Å². The second-order valence-electron chi connectivity index (χ2n) is 5.15. The van der Waals surface area contributed by atoms with Crippen molar-refractivity contribution >= 4 is 40.8 Å². The number of nitrogens with zero attached hydrogens (tertiary/aromatic N) is 1. The molecule has 0 radical (unpaired) electrons. The van der Waals surface area contributed by atoms with Crippen LogP contribution in [0.25, 0.3) is 0 Å². The predicted octanol–water partition coefficient (Wildman–Crippen LogP) is 3.71. The maximum atomic E-state index is 11.4. The maximum absolute atomic E-state index is 11.4. The fourth-order valence-corrected chi connectivity index (χ4v) is 2.67. The molecule has 2 aliphatic heterocycles. The maximum Gasteiger partial charge on any atom is 0.331 e. The van der Waals surface area contributed by atoms with Gasteiger partial charge in [0.1, 0.15) is 23.0 Å². The molecule has 3 rings (SSSR count). The van der Waals surface area contributed by atoms with E-state index in [4.69, 9.17) is 50.0 Å². The number of carbonyl (C=O) groups excluding carboxylic acids is 1. The van der Waals surface area contributed by atoms with Gasteiger partial charge in [-0.1, -0.05) is 53.0 Å². The Bertz CT molecular complexity index is 752. The third-order valence-electron chi connectivity index (χ3n) is 3.57. The van der Waals surface area contributed by atoms with Crippen molar-refractivity contribution in [2.75, 3.05) is 0 Å². The summed E-state index contributed by atoms with van der Waals surface area (Å²) in [6.07, 6.45) is 3.02. The molecule has 5 nitrogen and oxygen atoms in total. The number of fused-ring (bicyclic) bond motifs is 1. The summed E-state index contributed by atoms with van der Waals surface area (Å²) in [6, 6.07) is 9.34. The lowest BCUT2D eigenvalue weighted by atomic mass is 9.77. The van der Waals surface area contributed by atoms with Crippen molar-refractivity contribution in [3.05, 3.63) is 53.4 Å². The number of hydrogen-bond donors (Lipinski definition) is 1. The fraction of sp³-hybridized carbons (Fsp3) is 0.250. The number of ether oxygens (including phenoxy) is 2. The van der Waals surface area contributed by atoms with Crippen LogP contribution >= 0.6 is 34.8 Å². The highest BCUT2D eigenvalue weighted by atomic mass is 35.6. The topological polar surface area (TPSA) is 85.3 Å². The SMILES string of the molecule is C[C@@]1([C@@H]2C(C#N)=C(N)Oc3ccccc32)C=CC(=O)O1.ClC(Cl)Cl. The Morgan fingerprint density at radius 1 is 1.33 bits per heavy atom. The van der Waals surface area contributed by atoms with Gasteiger partial charge < -0.3 is 15.2 Å². The molecule has 0 aromatic heterocycles. The molecule has 0 saturated carbocycles. The van der Waals surface area contributed by atoms with Gasteiger partial charge in [-0.3, -0.25) is 0 Å². The van der Waals surface area contributed by atoms with E-state index in [2.05, 4.69) is 6.07 Å². The van der Waals surface area contributed by atoms with Crippen molar-refractivity contribution in [3.63, 3.8) is 0 Å². The van der Waals surface area contributed by atoms with Gasteiger partial charge >= 0.3 is 5.97 Å². The molecule has 1 aromatic rings. The average molecular weight is 388 g/mol. The van der Waals surface area contributed by atoms with E-state index in [1.807, 2.05) is 18.2 Å². The Morgan fingerprint density at radius 2 is 1.96 bits per heavy atom. The lowest BCUT2D eigenvalue weighted by molar-refractivity contribution is -0.145. The Morgan fingerprint density at radius 3 is 2.50 bits per heavy atom. The molecule has 24 heavy (non-hydrogen) atoms. The van der Waals surface area contributed by atoms with Gasteiger partial charge in [0.25, 0.3) is 0 Å². The first-order chi connectivity index (χ1) is 11.3. The molecule has 1 aromatic carbocycles. The van der Waals surface area contributed by atoms with E-state index in [1.54, 1.807) is 19.1 Å². The molecule has 2 atom stereocenters. The number of halogens is 3. The van der Waals surface area contributed by atoms with Crippen LogP contribution in [0.1, 0.15) is 18.4 Å². The third kappa shape index (κ3) is 3.78. The molecule has 0 saturated heterocycles. The number of nitriles is 1. The summed E-state index contributed by atoms with van der Waals surface area (Å²) >= 11 is 14.4. The molecule has 0 spiro atoms. The first-order valence-electron chi connectivity index (χ1n) is 6.79. The van der Waals surface area contributed by atoms with Crippen LogP contribution in [0, 0.1) is 11.3 Å². The fourth-order valence-electron chi connectivity index (χ4n) is 2.67. The number of cyclic esters (lactones) is 1. The highest BCUT2D eigenvalue weighted by Gasteiger charge is 2.46. The molecular weight excluding hydrogens is 375 g/mol. The van der Waals surface area contributed by atoms with E-state index in [-0.39, 0.29) is 11.5 Å². The van der Waals surface area contributed by atoms with E-state index in [1.165, 1.54) is 6.08 Å². The van der Waals surface area contributed by atoms with Gasteiger partial charge in [-0.25, -0.2) is 4.79 Å². The Balaban J connectivity index is 0.000000471. The molecule has 0 bridgehead atoms. The van der Waals surface area contributed by atoms with Gasteiger partial charge in [0.05, 0.1) is 5.92 Å². The number of para-hydroxylation sites is 1. The first-order valence-corrected chi connectivity index (χ1v) is 8.10. The third-order valence-corrected chi connectivity index (χ3v) is 3.57. The minimum Gasteiger partial charge on any atom is -0.451 e. The van der Waals surface area contributed by atoms with Gasteiger partial charge in [0.2, 0.25) is 5.88 Å². The van der Waals surface area contributed by atoms with Gasteiger partial charge in [-0.05, 0) is 19.1 Å². The van der Waals surface area contributed by atoms with Gasteiger partial charge in [-0.15, -0.1) is 0 Å². The molecule has 0 unspecified atom stereocenters. The van der Waals surface area contributed by atoms with Crippen LogP contribution in [0.3, 0.4) is 0 Å². The number of alkyl halides is 3. The van der Waals surface area contributed by atoms with E-state index < -0.39 is 21.8 Å². The summed E-state index contributed by atoms with van der Waals surface area (Å²) in [5, 5.41) is 9.37. The van der Waals surface area contributed by atoms with Crippen LogP contribution in [0.4, 0.5) is 0 Å². The van der Waals surface area contributed by atoms with Crippen LogP contribution in [0.15, 0.2) is 47.9 Å². The van der Waals surface area contributed by atoms with E-state index in [0.717, 1.165) is 5.56 Å². The van der Waals surface area contributed by atoms with E-state index in [0.29, 0.717) is 5.75 Å². The average Bonchev–Trinajstić information content (AvgIpc) is 2.85. The summed E-state index contributed by atoms with van der Waals surface area (Å²) in [7, 11) is 0. The minimum atomic E-state index is -0.938. The van der Waals surface area contributed by atoms with E-state index in [9.17, 15) is 10.1 Å². The lowest BCUT2D eigenvalue weighted by Crippen LogP contribution is -2.37. The lowest BCUT2D eigenvalue weighted by Gasteiger charge is -2.35. The quantitative estimate of drug-likeness (QED) is 0.586. The van der Waals surface area contributed by atoms with Gasteiger partial charge in [0.15, 0.2) is 4.30 Å². The second kappa shape index (κ2) is 7.35. The Labute approximate surface area is 154 Å². The van der Waals surface area contributed by atoms with Gasteiger partial charge in [-0.2, -0.15) is 5.26 Å². The smallest absolute Gasteiger partial charge is 0.331 e. The number of hydrogen-bond acceptors (Lipinski definition) is 5. The van der Waals surface area contributed by atoms with Crippen molar-refractivity contribution in [2.45, 2.75) is 22.7 Å². The van der Waals surface area contributed by atoms with Crippen molar-refractivity contribution in [1.82, 2.24) is 0 Å². The molecule has 126 valence electrons. The second-order valence-corrected chi connectivity index (χ2v) is 7.13. The molecule has 2 heterocycles. The normalized spacial score (nSPS) is 24.5. The minimum absolute atomic E-state index is 0.0498. The predicted molar refractivity (Wildman–Crippen MR) is 91.6 cm³/mol. The zero-order chi connectivity index (χ0) is 17.9. The standard InChI is InChI=1S/C15H12N2O3.CHCl3/c1-15(7-6-12(18)20-15)13-9-4-2-3-5-11(9)19-14(17)10(13)8-16;2-1(3)4/h2-7,13H,17H2,1H3;1H/t13-,15-;/m0./s1. The van der Waals surface area contributed by atoms with Crippen LogP contribution < -0.4 is 10.5 Å². The molecule has 8 heteroatoms. The summed E-state index contributed by atoms with van der Waals surface area (Å²) < 4.78 is 10.1. The zero-order valence-electron chi connectivity index (χ0n) is 12.5. The van der Waals surface area contributed by atoms with Crippen LogP contribution in [0.2, 0.25) is 0 Å². The Hall–Kier alpha value is -1.87. The largest absolute Gasteiger partial charge is 0.451 e. The molecule has 0 aliphatic carbocycles. The van der Waals surface area contributed by atoms with Crippen LogP contribution in [0.5, 0.6) is 5.75 Å². The molecule has 0 amide bonds. The van der Waals surface area contributed by atoms with Crippen molar-refractivity contribution < 1.29 is 14.3 Å². The highest BCUT2D eigenvalue weighted by Crippen LogP contribution is 2.47. The molecular formula is C16H13Cl3N2O3. The summed E-state index contributed by atoms with van der Waals surface area (Å²) in [4.78, 5) is 11.4.